The highest BCUT2D eigenvalue weighted by Gasteiger charge is 2.11. The van der Waals surface area contributed by atoms with Crippen LogP contribution in [0.2, 0.25) is 0 Å². The number of nitrogens with zero attached hydrogens (tertiary/aromatic N) is 2. The Morgan fingerprint density at radius 2 is 2.19 bits per heavy atom. The first-order chi connectivity index (χ1) is 7.42. The lowest BCUT2D eigenvalue weighted by Crippen LogP contribution is -2.12. The molecule has 0 radical (unpaired) electrons. The van der Waals surface area contributed by atoms with E-state index in [9.17, 15) is 0 Å². The van der Waals surface area contributed by atoms with Crippen molar-refractivity contribution in [2.75, 3.05) is 12.3 Å². The molecular formula is C12H17N3O. The third-order valence-corrected chi connectivity index (χ3v) is 2.08. The van der Waals surface area contributed by atoms with Crippen molar-refractivity contribution in [3.63, 3.8) is 0 Å². The van der Waals surface area contributed by atoms with Crippen LogP contribution >= 0.6 is 0 Å². The van der Waals surface area contributed by atoms with Crippen molar-refractivity contribution in [2.24, 2.45) is 5.41 Å². The summed E-state index contributed by atoms with van der Waals surface area (Å²) >= 11 is 0. The summed E-state index contributed by atoms with van der Waals surface area (Å²) in [5, 5.41) is 8.88. The fraction of sp³-hybridized carbons (Fsp3) is 0.500. The SMILES string of the molecule is CC(C)(C)CCOc1ncc(N)cc1C#N. The number of hydrogen-bond acceptors (Lipinski definition) is 4. The summed E-state index contributed by atoms with van der Waals surface area (Å²) in [6.45, 7) is 6.96. The fourth-order valence-electron chi connectivity index (χ4n) is 1.12. The Hall–Kier alpha value is -1.76. The molecule has 1 rings (SSSR count). The molecule has 0 aromatic carbocycles. The van der Waals surface area contributed by atoms with Gasteiger partial charge in [-0.3, -0.25) is 0 Å². The highest BCUT2D eigenvalue weighted by Crippen LogP contribution is 2.21. The van der Waals surface area contributed by atoms with Gasteiger partial charge in [0, 0.05) is 0 Å². The second-order valence-corrected chi connectivity index (χ2v) is 4.89. The first-order valence-electron chi connectivity index (χ1n) is 5.21. The number of anilines is 1. The highest BCUT2D eigenvalue weighted by molar-refractivity contribution is 5.48. The van der Waals surface area contributed by atoms with Crippen molar-refractivity contribution >= 4 is 5.69 Å². The molecule has 0 aliphatic heterocycles. The third kappa shape index (κ3) is 3.77. The van der Waals surface area contributed by atoms with Gasteiger partial charge in [-0.2, -0.15) is 5.26 Å². The standard InChI is InChI=1S/C12H17N3O/c1-12(2,3)4-5-16-11-9(7-13)6-10(14)8-15-11/h6,8H,4-5,14H2,1-3H3. The molecule has 0 fully saturated rings. The van der Waals surface area contributed by atoms with Crippen LogP contribution in [0.3, 0.4) is 0 Å². The molecule has 0 saturated heterocycles. The first-order valence-corrected chi connectivity index (χ1v) is 5.21. The van der Waals surface area contributed by atoms with Crippen molar-refractivity contribution in [1.82, 2.24) is 4.98 Å². The van der Waals surface area contributed by atoms with Gasteiger partial charge in [-0.05, 0) is 17.9 Å². The minimum atomic E-state index is 0.209. The van der Waals surface area contributed by atoms with E-state index in [1.807, 2.05) is 6.07 Å². The van der Waals surface area contributed by atoms with E-state index in [1.54, 1.807) is 6.07 Å². The average molecular weight is 219 g/mol. The number of nitrogens with two attached hydrogens (primary N) is 1. The average Bonchev–Trinajstić information content (AvgIpc) is 2.18. The minimum absolute atomic E-state index is 0.209. The van der Waals surface area contributed by atoms with E-state index in [1.165, 1.54) is 6.20 Å². The zero-order valence-corrected chi connectivity index (χ0v) is 9.95. The number of nitrogen functional groups attached to an aromatic ring is 1. The molecule has 1 aromatic heterocycles. The quantitative estimate of drug-likeness (QED) is 0.847. The van der Waals surface area contributed by atoms with Crippen molar-refractivity contribution in [3.8, 4) is 11.9 Å². The van der Waals surface area contributed by atoms with Crippen LogP contribution < -0.4 is 10.5 Å². The second kappa shape index (κ2) is 4.84. The van der Waals surface area contributed by atoms with Crippen LogP contribution in [-0.4, -0.2) is 11.6 Å². The number of aromatic nitrogens is 1. The molecule has 86 valence electrons. The van der Waals surface area contributed by atoms with E-state index in [0.717, 1.165) is 6.42 Å². The van der Waals surface area contributed by atoms with Gasteiger partial charge in [-0.15, -0.1) is 0 Å². The fourth-order valence-corrected chi connectivity index (χ4v) is 1.12. The van der Waals surface area contributed by atoms with Crippen LogP contribution in [0.15, 0.2) is 12.3 Å². The van der Waals surface area contributed by atoms with Gasteiger partial charge >= 0.3 is 0 Å². The highest BCUT2D eigenvalue weighted by atomic mass is 16.5. The summed E-state index contributed by atoms with van der Waals surface area (Å²) in [5.74, 6) is 0.362. The molecule has 4 heteroatoms. The molecule has 0 aliphatic rings. The van der Waals surface area contributed by atoms with Crippen LogP contribution in [0, 0.1) is 16.7 Å². The Morgan fingerprint density at radius 1 is 1.50 bits per heavy atom. The molecule has 0 bridgehead atoms. The zero-order chi connectivity index (χ0) is 12.2. The maximum atomic E-state index is 8.88. The van der Waals surface area contributed by atoms with Gasteiger partial charge < -0.3 is 10.5 Å². The largest absolute Gasteiger partial charge is 0.477 e. The van der Waals surface area contributed by atoms with Crippen molar-refractivity contribution in [2.45, 2.75) is 27.2 Å². The van der Waals surface area contributed by atoms with Gasteiger partial charge in [0.2, 0.25) is 5.88 Å². The van der Waals surface area contributed by atoms with Crippen molar-refractivity contribution in [1.29, 1.82) is 5.26 Å². The number of rotatable bonds is 3. The van der Waals surface area contributed by atoms with Gasteiger partial charge in [0.25, 0.3) is 0 Å². The van der Waals surface area contributed by atoms with Crippen LogP contribution in [0.4, 0.5) is 5.69 Å². The summed E-state index contributed by atoms with van der Waals surface area (Å²) in [6, 6.07) is 3.59. The Labute approximate surface area is 96.1 Å². The second-order valence-electron chi connectivity index (χ2n) is 4.89. The van der Waals surface area contributed by atoms with Gasteiger partial charge in [0.05, 0.1) is 18.5 Å². The van der Waals surface area contributed by atoms with Crippen molar-refractivity contribution < 1.29 is 4.74 Å². The number of nitriles is 1. The number of ether oxygens (including phenoxy) is 1. The third-order valence-electron chi connectivity index (χ3n) is 2.08. The van der Waals surface area contributed by atoms with E-state index in [4.69, 9.17) is 15.7 Å². The lowest BCUT2D eigenvalue weighted by molar-refractivity contribution is 0.236. The predicted octanol–water partition coefficient (Wildman–Crippen LogP) is 2.35. The maximum Gasteiger partial charge on any atom is 0.231 e. The molecule has 0 spiro atoms. The molecule has 1 heterocycles. The summed E-state index contributed by atoms with van der Waals surface area (Å²) in [4.78, 5) is 4.00. The Bertz CT molecular complexity index is 402. The zero-order valence-electron chi connectivity index (χ0n) is 9.95. The molecule has 16 heavy (non-hydrogen) atoms. The summed E-state index contributed by atoms with van der Waals surface area (Å²) in [5.41, 5.74) is 6.60. The normalized spacial score (nSPS) is 10.9. The van der Waals surface area contributed by atoms with Crippen LogP contribution in [0.25, 0.3) is 0 Å². The predicted molar refractivity (Wildman–Crippen MR) is 62.9 cm³/mol. The number of hydrogen-bond donors (Lipinski definition) is 1. The lowest BCUT2D eigenvalue weighted by atomic mass is 9.93. The molecule has 0 saturated carbocycles. The molecule has 1 aromatic rings. The Balaban J connectivity index is 2.65. The summed E-state index contributed by atoms with van der Waals surface area (Å²) < 4.78 is 5.47. The van der Waals surface area contributed by atoms with Crippen molar-refractivity contribution in [3.05, 3.63) is 17.8 Å². The molecular weight excluding hydrogens is 202 g/mol. The smallest absolute Gasteiger partial charge is 0.231 e. The minimum Gasteiger partial charge on any atom is -0.477 e. The molecule has 0 atom stereocenters. The van der Waals surface area contributed by atoms with Crippen LogP contribution in [0.1, 0.15) is 32.8 Å². The molecule has 2 N–H and O–H groups in total. The summed E-state index contributed by atoms with van der Waals surface area (Å²) in [6.07, 6.45) is 2.40. The maximum absolute atomic E-state index is 8.88. The molecule has 0 amide bonds. The van der Waals surface area contributed by atoms with Gasteiger partial charge in [-0.25, -0.2) is 4.98 Å². The molecule has 0 unspecified atom stereocenters. The van der Waals surface area contributed by atoms with E-state index in [0.29, 0.717) is 23.7 Å². The van der Waals surface area contributed by atoms with Crippen LogP contribution in [0.5, 0.6) is 5.88 Å². The van der Waals surface area contributed by atoms with E-state index >= 15 is 0 Å². The van der Waals surface area contributed by atoms with Crippen LogP contribution in [-0.2, 0) is 0 Å². The van der Waals surface area contributed by atoms with E-state index < -0.39 is 0 Å². The summed E-state index contributed by atoms with van der Waals surface area (Å²) in [7, 11) is 0. The van der Waals surface area contributed by atoms with Gasteiger partial charge in [0.15, 0.2) is 0 Å². The van der Waals surface area contributed by atoms with E-state index in [2.05, 4.69) is 25.8 Å². The Kier molecular flexibility index (Phi) is 3.73. The monoisotopic (exact) mass is 219 g/mol. The van der Waals surface area contributed by atoms with E-state index in [-0.39, 0.29) is 5.41 Å². The molecule has 4 nitrogen and oxygen atoms in total. The molecule has 0 aliphatic carbocycles. The van der Waals surface area contributed by atoms with Gasteiger partial charge in [0.1, 0.15) is 11.6 Å². The van der Waals surface area contributed by atoms with Gasteiger partial charge in [-0.1, -0.05) is 20.8 Å². The number of pyridine rings is 1. The first kappa shape index (κ1) is 12.3. The Morgan fingerprint density at radius 3 is 2.75 bits per heavy atom. The lowest BCUT2D eigenvalue weighted by Gasteiger charge is -2.17. The topological polar surface area (TPSA) is 71.9 Å².